The lowest BCUT2D eigenvalue weighted by molar-refractivity contribution is 0.182. The molecule has 2 N–H and O–H groups in total. The van der Waals surface area contributed by atoms with Gasteiger partial charge in [-0.15, -0.1) is 0 Å². The highest BCUT2D eigenvalue weighted by molar-refractivity contribution is 5.40. The minimum Gasteiger partial charge on any atom is -0.497 e. The summed E-state index contributed by atoms with van der Waals surface area (Å²) >= 11 is 0. The molecule has 2 fully saturated rings. The summed E-state index contributed by atoms with van der Waals surface area (Å²) in [5, 5.41) is 7.60. The van der Waals surface area contributed by atoms with E-state index in [1.807, 2.05) is 18.2 Å². The third-order valence-corrected chi connectivity index (χ3v) is 5.75. The molecular formula is C22H28N2O3. The molecule has 0 saturated carbocycles. The molecule has 5 nitrogen and oxygen atoms in total. The average molecular weight is 368 g/mol. The molecule has 4 atom stereocenters. The fraction of sp³-hybridized carbons (Fsp3) is 0.455. The smallest absolute Gasteiger partial charge is 0.123 e. The van der Waals surface area contributed by atoms with Crippen molar-refractivity contribution < 1.29 is 14.2 Å². The molecule has 4 unspecified atom stereocenters. The quantitative estimate of drug-likeness (QED) is 0.821. The SMILES string of the molecule is COc1ccc(OC)c(CNC2CC3COCC3NC2c2ccccc2)c1. The zero-order valence-corrected chi connectivity index (χ0v) is 16.0. The van der Waals surface area contributed by atoms with Crippen molar-refractivity contribution in [3.8, 4) is 11.5 Å². The zero-order valence-electron chi connectivity index (χ0n) is 16.0. The predicted molar refractivity (Wildman–Crippen MR) is 105 cm³/mol. The lowest BCUT2D eigenvalue weighted by atomic mass is 9.83. The van der Waals surface area contributed by atoms with Gasteiger partial charge in [-0.3, -0.25) is 0 Å². The van der Waals surface area contributed by atoms with Gasteiger partial charge in [-0.25, -0.2) is 0 Å². The lowest BCUT2D eigenvalue weighted by Crippen LogP contribution is -2.53. The first-order valence-electron chi connectivity index (χ1n) is 9.61. The highest BCUT2D eigenvalue weighted by atomic mass is 16.5. The van der Waals surface area contributed by atoms with E-state index in [4.69, 9.17) is 14.2 Å². The average Bonchev–Trinajstić information content (AvgIpc) is 3.19. The number of benzene rings is 2. The van der Waals surface area contributed by atoms with Gasteiger partial charge in [0.15, 0.2) is 0 Å². The summed E-state index contributed by atoms with van der Waals surface area (Å²) in [6.07, 6.45) is 1.10. The first-order chi connectivity index (χ1) is 13.3. The van der Waals surface area contributed by atoms with Crippen LogP contribution >= 0.6 is 0 Å². The molecule has 0 bridgehead atoms. The van der Waals surface area contributed by atoms with E-state index < -0.39 is 0 Å². The molecule has 144 valence electrons. The Morgan fingerprint density at radius 1 is 1.07 bits per heavy atom. The molecule has 0 spiro atoms. The number of nitrogens with one attached hydrogen (secondary N) is 2. The van der Waals surface area contributed by atoms with Crippen LogP contribution in [0.25, 0.3) is 0 Å². The number of fused-ring (bicyclic) bond motifs is 1. The van der Waals surface area contributed by atoms with Crippen LogP contribution in [0.15, 0.2) is 48.5 Å². The summed E-state index contributed by atoms with van der Waals surface area (Å²) in [4.78, 5) is 0. The second-order valence-electron chi connectivity index (χ2n) is 7.36. The predicted octanol–water partition coefficient (Wildman–Crippen LogP) is 2.91. The molecular weight excluding hydrogens is 340 g/mol. The molecule has 0 aliphatic carbocycles. The van der Waals surface area contributed by atoms with Crippen LogP contribution in [0.4, 0.5) is 0 Å². The minimum absolute atomic E-state index is 0.269. The highest BCUT2D eigenvalue weighted by Gasteiger charge is 2.40. The number of piperidine rings is 1. The molecule has 27 heavy (non-hydrogen) atoms. The molecule has 2 heterocycles. The molecule has 2 aliphatic rings. The van der Waals surface area contributed by atoms with Gasteiger partial charge in [-0.1, -0.05) is 30.3 Å². The number of methoxy groups -OCH3 is 2. The van der Waals surface area contributed by atoms with E-state index in [1.54, 1.807) is 14.2 Å². The van der Waals surface area contributed by atoms with Crippen LogP contribution in [-0.2, 0) is 11.3 Å². The van der Waals surface area contributed by atoms with Crippen molar-refractivity contribution in [3.63, 3.8) is 0 Å². The van der Waals surface area contributed by atoms with Gasteiger partial charge in [0.2, 0.25) is 0 Å². The van der Waals surface area contributed by atoms with E-state index >= 15 is 0 Å². The third kappa shape index (κ3) is 3.95. The standard InChI is InChI=1S/C22H28N2O3/c1-25-18-8-9-21(26-2)16(10-18)12-23-19-11-17-13-27-14-20(17)24-22(19)15-6-4-3-5-7-15/h3-10,17,19-20,22-24H,11-14H2,1-2H3. The van der Waals surface area contributed by atoms with Gasteiger partial charge in [-0.05, 0) is 30.2 Å². The normalized spacial score (nSPS) is 27.2. The maximum Gasteiger partial charge on any atom is 0.123 e. The molecule has 2 aliphatic heterocycles. The summed E-state index contributed by atoms with van der Waals surface area (Å²) in [5.74, 6) is 2.29. The van der Waals surface area contributed by atoms with Gasteiger partial charge in [0, 0.05) is 36.2 Å². The van der Waals surface area contributed by atoms with Crippen LogP contribution in [-0.4, -0.2) is 39.5 Å². The molecule has 4 rings (SSSR count). The summed E-state index contributed by atoms with van der Waals surface area (Å²) in [6, 6.07) is 17.7. The Morgan fingerprint density at radius 3 is 2.70 bits per heavy atom. The van der Waals surface area contributed by atoms with Gasteiger partial charge in [0.05, 0.1) is 27.4 Å². The van der Waals surface area contributed by atoms with E-state index in [-0.39, 0.29) is 6.04 Å². The van der Waals surface area contributed by atoms with Crippen molar-refractivity contribution >= 4 is 0 Å². The first kappa shape index (κ1) is 18.3. The topological polar surface area (TPSA) is 51.8 Å². The molecule has 0 amide bonds. The number of ether oxygens (including phenoxy) is 3. The molecule has 0 radical (unpaired) electrons. The Balaban J connectivity index is 1.53. The summed E-state index contributed by atoms with van der Waals surface area (Å²) in [7, 11) is 3.40. The molecule has 0 aromatic heterocycles. The van der Waals surface area contributed by atoms with Crippen molar-refractivity contribution in [2.24, 2.45) is 5.92 Å². The van der Waals surface area contributed by atoms with Crippen molar-refractivity contribution in [3.05, 3.63) is 59.7 Å². The monoisotopic (exact) mass is 368 g/mol. The first-order valence-corrected chi connectivity index (χ1v) is 9.61. The molecule has 2 saturated heterocycles. The fourth-order valence-electron chi connectivity index (χ4n) is 4.28. The summed E-state index contributed by atoms with van der Waals surface area (Å²) in [5.41, 5.74) is 2.42. The van der Waals surface area contributed by atoms with E-state index in [0.717, 1.165) is 43.2 Å². The Labute approximate surface area is 161 Å². The van der Waals surface area contributed by atoms with Crippen LogP contribution in [0.1, 0.15) is 23.6 Å². The molecule has 2 aromatic carbocycles. The fourth-order valence-corrected chi connectivity index (χ4v) is 4.28. The van der Waals surface area contributed by atoms with Gasteiger partial charge in [0.25, 0.3) is 0 Å². The maximum absolute atomic E-state index is 5.73. The van der Waals surface area contributed by atoms with Gasteiger partial charge in [0.1, 0.15) is 11.5 Å². The van der Waals surface area contributed by atoms with Crippen LogP contribution in [0.2, 0.25) is 0 Å². The number of rotatable bonds is 6. The number of hydrogen-bond donors (Lipinski definition) is 2. The van der Waals surface area contributed by atoms with E-state index in [9.17, 15) is 0 Å². The van der Waals surface area contributed by atoms with Gasteiger partial charge in [-0.2, -0.15) is 0 Å². The molecule has 5 heteroatoms. The Bertz CT molecular complexity index is 752. The second-order valence-corrected chi connectivity index (χ2v) is 7.36. The van der Waals surface area contributed by atoms with Crippen LogP contribution in [0.5, 0.6) is 11.5 Å². The van der Waals surface area contributed by atoms with E-state index in [0.29, 0.717) is 18.0 Å². The number of hydrogen-bond acceptors (Lipinski definition) is 5. The lowest BCUT2D eigenvalue weighted by Gasteiger charge is -2.40. The zero-order chi connectivity index (χ0) is 18.6. The van der Waals surface area contributed by atoms with E-state index in [2.05, 4.69) is 41.0 Å². The van der Waals surface area contributed by atoms with Crippen molar-refractivity contribution in [2.45, 2.75) is 31.1 Å². The Hall–Kier alpha value is -2.08. The van der Waals surface area contributed by atoms with Crippen LogP contribution < -0.4 is 20.1 Å². The van der Waals surface area contributed by atoms with Gasteiger partial charge >= 0.3 is 0 Å². The van der Waals surface area contributed by atoms with Crippen molar-refractivity contribution in [2.75, 3.05) is 27.4 Å². The van der Waals surface area contributed by atoms with Crippen LogP contribution in [0, 0.1) is 5.92 Å². The Kier molecular flexibility index (Phi) is 5.62. The minimum atomic E-state index is 0.269. The Morgan fingerprint density at radius 2 is 1.93 bits per heavy atom. The van der Waals surface area contributed by atoms with Crippen molar-refractivity contribution in [1.29, 1.82) is 0 Å². The third-order valence-electron chi connectivity index (χ3n) is 5.75. The highest BCUT2D eigenvalue weighted by Crippen LogP contribution is 2.33. The molecule has 2 aromatic rings. The van der Waals surface area contributed by atoms with Gasteiger partial charge < -0.3 is 24.8 Å². The summed E-state index contributed by atoms with van der Waals surface area (Å²) < 4.78 is 16.6. The summed E-state index contributed by atoms with van der Waals surface area (Å²) in [6.45, 7) is 2.39. The van der Waals surface area contributed by atoms with E-state index in [1.165, 1.54) is 5.56 Å². The van der Waals surface area contributed by atoms with Crippen molar-refractivity contribution in [1.82, 2.24) is 10.6 Å². The largest absolute Gasteiger partial charge is 0.497 e. The second kappa shape index (κ2) is 8.30. The maximum atomic E-state index is 5.73. The van der Waals surface area contributed by atoms with Crippen LogP contribution in [0.3, 0.4) is 0 Å².